The van der Waals surface area contributed by atoms with Crippen molar-refractivity contribution in [3.05, 3.63) is 0 Å². The van der Waals surface area contributed by atoms with Crippen molar-refractivity contribution in [1.29, 1.82) is 0 Å². The lowest BCUT2D eigenvalue weighted by Crippen LogP contribution is -2.30. The molecule has 0 saturated heterocycles. The Morgan fingerprint density at radius 2 is 2.00 bits per heavy atom. The molecule has 0 aromatic heterocycles. The van der Waals surface area contributed by atoms with E-state index in [0.29, 0.717) is 6.04 Å². The van der Waals surface area contributed by atoms with Gasteiger partial charge in [-0.15, -0.1) is 11.6 Å². The lowest BCUT2D eigenvalue weighted by Gasteiger charge is -2.12. The van der Waals surface area contributed by atoms with Gasteiger partial charge in [0.25, 0.3) is 0 Å². The van der Waals surface area contributed by atoms with Crippen LogP contribution in [-0.2, 0) is 0 Å². The van der Waals surface area contributed by atoms with Crippen LogP contribution in [0.2, 0.25) is 0 Å². The van der Waals surface area contributed by atoms with Crippen LogP contribution in [0.25, 0.3) is 0 Å². The normalized spacial score (nSPS) is 13.4. The second-order valence-corrected chi connectivity index (χ2v) is 3.23. The van der Waals surface area contributed by atoms with Crippen molar-refractivity contribution in [2.24, 2.45) is 0 Å². The van der Waals surface area contributed by atoms with Crippen LogP contribution in [0, 0.1) is 0 Å². The smallest absolute Gasteiger partial charge is 0.0377 e. The first-order valence-electron chi connectivity index (χ1n) is 4.64. The van der Waals surface area contributed by atoms with Gasteiger partial charge in [-0.05, 0) is 19.4 Å². The number of hydrogen-bond acceptors (Lipinski definition) is 1. The minimum atomic E-state index is 0.522. The Kier molecular flexibility index (Phi) is 8.54. The third-order valence-corrected chi connectivity index (χ3v) is 2.26. The first-order chi connectivity index (χ1) is 5.35. The highest BCUT2D eigenvalue weighted by Gasteiger charge is 2.00. The van der Waals surface area contributed by atoms with Crippen molar-refractivity contribution in [1.82, 2.24) is 5.32 Å². The van der Waals surface area contributed by atoms with Gasteiger partial charge in [-0.1, -0.05) is 26.7 Å². The summed E-state index contributed by atoms with van der Waals surface area (Å²) >= 11 is 5.72. The van der Waals surface area contributed by atoms with Crippen molar-refractivity contribution < 1.29 is 0 Å². The Morgan fingerprint density at radius 3 is 2.45 bits per heavy atom. The van der Waals surface area contributed by atoms with E-state index in [1.807, 2.05) is 0 Å². The van der Waals surface area contributed by atoms with Gasteiger partial charge in [0.2, 0.25) is 0 Å². The Bertz CT molecular complexity index is 72.0. The minimum Gasteiger partial charge on any atom is -0.313 e. The third-order valence-electron chi connectivity index (χ3n) is 1.89. The lowest BCUT2D eigenvalue weighted by molar-refractivity contribution is 0.518. The minimum absolute atomic E-state index is 0.522. The van der Waals surface area contributed by atoms with Crippen LogP contribution in [0.4, 0.5) is 0 Å². The number of nitrogens with one attached hydrogen (secondary N) is 1. The van der Waals surface area contributed by atoms with Crippen molar-refractivity contribution in [3.63, 3.8) is 0 Å². The molecule has 1 atom stereocenters. The number of hydrogen-bond donors (Lipinski definition) is 1. The second-order valence-electron chi connectivity index (χ2n) is 2.92. The zero-order valence-electron chi connectivity index (χ0n) is 7.70. The Labute approximate surface area is 75.5 Å². The van der Waals surface area contributed by atoms with Gasteiger partial charge >= 0.3 is 0 Å². The molecule has 0 spiro atoms. The Morgan fingerprint density at radius 1 is 1.27 bits per heavy atom. The van der Waals surface area contributed by atoms with Crippen LogP contribution in [-0.4, -0.2) is 18.5 Å². The molecule has 0 radical (unpaired) electrons. The predicted molar refractivity (Wildman–Crippen MR) is 52.3 cm³/mol. The summed E-state index contributed by atoms with van der Waals surface area (Å²) in [4.78, 5) is 0. The summed E-state index contributed by atoms with van der Waals surface area (Å²) < 4.78 is 0. The third kappa shape index (κ3) is 6.64. The standard InChI is InChI=1S/C9H20ClN/c1-3-5-6-7-11-9(4-2)8-10/h9,11H,3-8H2,1-2H3. The summed E-state index contributed by atoms with van der Waals surface area (Å²) in [5.74, 6) is 0.739. The van der Waals surface area contributed by atoms with Gasteiger partial charge < -0.3 is 5.32 Å². The Hall–Kier alpha value is 0.250. The van der Waals surface area contributed by atoms with Crippen molar-refractivity contribution >= 4 is 11.6 Å². The second kappa shape index (κ2) is 8.35. The molecule has 1 nitrogen and oxygen atoms in total. The molecule has 0 aliphatic heterocycles. The van der Waals surface area contributed by atoms with Crippen LogP contribution in [0.1, 0.15) is 39.5 Å². The maximum atomic E-state index is 5.72. The SMILES string of the molecule is CCCCCNC(CC)CCl. The highest BCUT2D eigenvalue weighted by Crippen LogP contribution is 1.96. The molecule has 1 N–H and O–H groups in total. The van der Waals surface area contributed by atoms with E-state index in [9.17, 15) is 0 Å². The van der Waals surface area contributed by atoms with Crippen molar-refractivity contribution in [3.8, 4) is 0 Å². The van der Waals surface area contributed by atoms with E-state index in [-0.39, 0.29) is 0 Å². The van der Waals surface area contributed by atoms with E-state index < -0.39 is 0 Å². The van der Waals surface area contributed by atoms with Crippen LogP contribution in [0.5, 0.6) is 0 Å². The molecule has 0 aliphatic carbocycles. The summed E-state index contributed by atoms with van der Waals surface area (Å²) in [6.07, 6.45) is 5.03. The summed E-state index contributed by atoms with van der Waals surface area (Å²) in [6, 6.07) is 0.522. The molecule has 68 valence electrons. The van der Waals surface area contributed by atoms with Crippen LogP contribution in [0.3, 0.4) is 0 Å². The summed E-state index contributed by atoms with van der Waals surface area (Å²) in [6.45, 7) is 5.51. The molecule has 0 aliphatic rings. The van der Waals surface area contributed by atoms with Gasteiger partial charge in [0.15, 0.2) is 0 Å². The highest BCUT2D eigenvalue weighted by atomic mass is 35.5. The van der Waals surface area contributed by atoms with Crippen LogP contribution < -0.4 is 5.32 Å². The summed E-state index contributed by atoms with van der Waals surface area (Å²) in [5.41, 5.74) is 0. The average molecular weight is 178 g/mol. The lowest BCUT2D eigenvalue weighted by atomic mass is 10.2. The van der Waals surface area contributed by atoms with E-state index in [4.69, 9.17) is 11.6 Å². The fourth-order valence-corrected chi connectivity index (χ4v) is 1.32. The molecule has 0 aromatic carbocycles. The molecular weight excluding hydrogens is 158 g/mol. The topological polar surface area (TPSA) is 12.0 Å². The summed E-state index contributed by atoms with van der Waals surface area (Å²) in [5, 5.41) is 3.42. The molecule has 0 saturated carbocycles. The number of rotatable bonds is 7. The number of alkyl halides is 1. The number of unbranched alkanes of at least 4 members (excludes halogenated alkanes) is 2. The fraction of sp³-hybridized carbons (Fsp3) is 1.00. The molecule has 0 fully saturated rings. The zero-order chi connectivity index (χ0) is 8.53. The van der Waals surface area contributed by atoms with E-state index in [1.54, 1.807) is 0 Å². The molecule has 0 rings (SSSR count). The quantitative estimate of drug-likeness (QED) is 0.466. The summed E-state index contributed by atoms with van der Waals surface area (Å²) in [7, 11) is 0. The van der Waals surface area contributed by atoms with E-state index in [2.05, 4.69) is 19.2 Å². The van der Waals surface area contributed by atoms with E-state index in [0.717, 1.165) is 18.8 Å². The zero-order valence-corrected chi connectivity index (χ0v) is 8.45. The molecular formula is C9H20ClN. The molecule has 2 heteroatoms. The van der Waals surface area contributed by atoms with Crippen LogP contribution in [0.15, 0.2) is 0 Å². The average Bonchev–Trinajstić information content (AvgIpc) is 2.05. The van der Waals surface area contributed by atoms with Crippen molar-refractivity contribution in [2.45, 2.75) is 45.6 Å². The molecule has 0 aromatic rings. The van der Waals surface area contributed by atoms with Gasteiger partial charge in [0.1, 0.15) is 0 Å². The van der Waals surface area contributed by atoms with Gasteiger partial charge in [-0.25, -0.2) is 0 Å². The first kappa shape index (κ1) is 11.2. The van der Waals surface area contributed by atoms with Gasteiger partial charge in [0, 0.05) is 11.9 Å². The fourth-order valence-electron chi connectivity index (χ4n) is 0.989. The molecule has 0 bridgehead atoms. The Balaban J connectivity index is 3.07. The molecule has 11 heavy (non-hydrogen) atoms. The van der Waals surface area contributed by atoms with Gasteiger partial charge in [0.05, 0.1) is 0 Å². The highest BCUT2D eigenvalue weighted by molar-refractivity contribution is 6.18. The maximum Gasteiger partial charge on any atom is 0.0377 e. The van der Waals surface area contributed by atoms with E-state index >= 15 is 0 Å². The monoisotopic (exact) mass is 177 g/mol. The van der Waals surface area contributed by atoms with Crippen LogP contribution >= 0.6 is 11.6 Å². The first-order valence-corrected chi connectivity index (χ1v) is 5.17. The predicted octanol–water partition coefficient (Wildman–Crippen LogP) is 2.78. The van der Waals surface area contributed by atoms with Gasteiger partial charge in [-0.2, -0.15) is 0 Å². The maximum absolute atomic E-state index is 5.72. The largest absolute Gasteiger partial charge is 0.313 e. The number of halogens is 1. The van der Waals surface area contributed by atoms with Gasteiger partial charge in [-0.3, -0.25) is 0 Å². The van der Waals surface area contributed by atoms with E-state index in [1.165, 1.54) is 19.3 Å². The molecule has 0 amide bonds. The molecule has 1 unspecified atom stereocenters. The molecule has 0 heterocycles. The van der Waals surface area contributed by atoms with Crippen molar-refractivity contribution in [2.75, 3.05) is 12.4 Å².